The van der Waals surface area contributed by atoms with Crippen molar-refractivity contribution < 1.29 is 19.1 Å². The zero-order valence-corrected chi connectivity index (χ0v) is 17.7. The van der Waals surface area contributed by atoms with Gasteiger partial charge in [0.2, 0.25) is 0 Å². The third kappa shape index (κ3) is 2.43. The summed E-state index contributed by atoms with van der Waals surface area (Å²) in [5.41, 5.74) is 8.39. The molecule has 3 fully saturated rings. The minimum atomic E-state index is -0.577. The first-order valence-electron chi connectivity index (χ1n) is 11.0. The highest BCUT2D eigenvalue weighted by Gasteiger charge is 2.70. The molecule has 5 rings (SSSR count). The van der Waals surface area contributed by atoms with Crippen LogP contribution in [0.2, 0.25) is 0 Å². The number of nitrogens with two attached hydrogens (primary N) is 1. The molecule has 4 atom stereocenters. The number of rotatable bonds is 4. The van der Waals surface area contributed by atoms with Crippen molar-refractivity contribution in [2.45, 2.75) is 62.0 Å². The number of likely N-dealkylation sites (N-methyl/N-ethyl adjacent to an activating group) is 1. The predicted molar refractivity (Wildman–Crippen MR) is 112 cm³/mol. The fourth-order valence-corrected chi connectivity index (χ4v) is 7.25. The Balaban J connectivity index is 1.75. The number of benzene rings is 1. The van der Waals surface area contributed by atoms with Gasteiger partial charge in [0.1, 0.15) is 17.4 Å². The number of carbonyl (C=O) groups is 1. The van der Waals surface area contributed by atoms with Crippen LogP contribution in [0.3, 0.4) is 0 Å². The quantitative estimate of drug-likeness (QED) is 0.606. The number of likely N-dealkylation sites (tertiary alicyclic amines) is 1. The van der Waals surface area contributed by atoms with Crippen molar-refractivity contribution in [3.63, 3.8) is 0 Å². The van der Waals surface area contributed by atoms with Crippen LogP contribution in [-0.4, -0.2) is 54.4 Å². The second-order valence-corrected chi connectivity index (χ2v) is 10.3. The third-order valence-corrected chi connectivity index (χ3v) is 8.71. The average Bonchev–Trinajstić information content (AvgIpc) is 3.48. The third-order valence-electron chi connectivity index (χ3n) is 8.71. The van der Waals surface area contributed by atoms with Crippen LogP contribution in [0.5, 0.6) is 5.75 Å². The molecular formula is C24H33N2O3+. The number of fused-ring (bicyclic) bond motifs is 1. The van der Waals surface area contributed by atoms with E-state index in [1.165, 1.54) is 25.0 Å². The Morgan fingerprint density at radius 3 is 2.79 bits per heavy atom. The van der Waals surface area contributed by atoms with Gasteiger partial charge in [-0.25, -0.2) is 0 Å². The summed E-state index contributed by atoms with van der Waals surface area (Å²) in [4.78, 5) is 12.0. The van der Waals surface area contributed by atoms with E-state index in [-0.39, 0.29) is 22.3 Å². The molecule has 1 saturated heterocycles. The molecule has 1 aromatic carbocycles. The van der Waals surface area contributed by atoms with E-state index in [9.17, 15) is 9.90 Å². The summed E-state index contributed by atoms with van der Waals surface area (Å²) >= 11 is 0. The first kappa shape index (κ1) is 19.1. The molecule has 156 valence electrons. The largest absolute Gasteiger partial charge is 0.507 e. The van der Waals surface area contributed by atoms with Gasteiger partial charge in [0.15, 0.2) is 0 Å². The first-order chi connectivity index (χ1) is 13.8. The van der Waals surface area contributed by atoms with Gasteiger partial charge >= 0.3 is 0 Å². The lowest BCUT2D eigenvalue weighted by Gasteiger charge is -2.67. The Kier molecular flexibility index (Phi) is 4.01. The zero-order valence-electron chi connectivity index (χ0n) is 17.7. The number of piperidine rings is 1. The molecule has 0 spiro atoms. The van der Waals surface area contributed by atoms with Gasteiger partial charge < -0.3 is 20.1 Å². The van der Waals surface area contributed by atoms with E-state index in [1.807, 2.05) is 13.2 Å². The first-order valence-corrected chi connectivity index (χ1v) is 11.0. The Hall–Kier alpha value is -1.85. The second kappa shape index (κ2) is 6.08. The standard InChI is InChI=1S/C24H32N2O3/c1-15-8-9-24(29-3)19-12-17-6-7-18(22(25)28)21(27)20(17)23(24,13-15)10-11-26(19,2)14-16-4-5-16/h6-7,16,19H,1,4-5,8-14H2,2-3H3,(H2-,25,27,28)/p+1/t19?,23?,24-,26+/m1/s1. The summed E-state index contributed by atoms with van der Waals surface area (Å²) in [5, 5.41) is 11.2. The van der Waals surface area contributed by atoms with Crippen molar-refractivity contribution in [3.8, 4) is 5.75 Å². The number of quaternary nitrogens is 1. The molecule has 29 heavy (non-hydrogen) atoms. The fourth-order valence-electron chi connectivity index (χ4n) is 7.25. The van der Waals surface area contributed by atoms with Crippen LogP contribution >= 0.6 is 0 Å². The van der Waals surface area contributed by atoms with E-state index >= 15 is 0 Å². The Morgan fingerprint density at radius 2 is 2.14 bits per heavy atom. The highest BCUT2D eigenvalue weighted by atomic mass is 16.5. The van der Waals surface area contributed by atoms with E-state index in [4.69, 9.17) is 10.5 Å². The van der Waals surface area contributed by atoms with Crippen LogP contribution in [0.4, 0.5) is 0 Å². The van der Waals surface area contributed by atoms with Crippen LogP contribution in [0.25, 0.3) is 0 Å². The Labute approximate surface area is 173 Å². The van der Waals surface area contributed by atoms with Crippen molar-refractivity contribution in [2.24, 2.45) is 11.7 Å². The molecule has 1 aromatic rings. The number of phenols is 1. The highest BCUT2D eigenvalue weighted by molar-refractivity contribution is 5.96. The lowest BCUT2D eigenvalue weighted by Crippen LogP contribution is -2.78. The molecule has 3 N–H and O–H groups in total. The van der Waals surface area contributed by atoms with Gasteiger partial charge in [-0.3, -0.25) is 4.79 Å². The van der Waals surface area contributed by atoms with E-state index in [0.717, 1.165) is 60.2 Å². The zero-order chi connectivity index (χ0) is 20.6. The number of aromatic hydroxyl groups is 1. The molecule has 3 aliphatic carbocycles. The van der Waals surface area contributed by atoms with E-state index in [1.54, 1.807) is 6.07 Å². The molecule has 0 aromatic heterocycles. The Bertz CT molecular complexity index is 908. The number of primary amides is 1. The van der Waals surface area contributed by atoms with E-state index in [2.05, 4.69) is 13.6 Å². The van der Waals surface area contributed by atoms with Crippen LogP contribution in [0.1, 0.15) is 60.0 Å². The van der Waals surface area contributed by atoms with Crippen LogP contribution in [0, 0.1) is 5.92 Å². The number of hydrogen-bond donors (Lipinski definition) is 2. The predicted octanol–water partition coefficient (Wildman–Crippen LogP) is 3.04. The molecule has 5 heteroatoms. The summed E-state index contributed by atoms with van der Waals surface area (Å²) in [6.07, 6.45) is 7.19. The highest BCUT2D eigenvalue weighted by Crippen LogP contribution is 2.63. The topological polar surface area (TPSA) is 72.5 Å². The number of methoxy groups -OCH3 is 1. The number of amides is 1. The van der Waals surface area contributed by atoms with Gasteiger partial charge in [0.05, 0.1) is 25.7 Å². The second-order valence-electron chi connectivity index (χ2n) is 10.3. The van der Waals surface area contributed by atoms with Gasteiger partial charge in [-0.05, 0) is 43.7 Å². The smallest absolute Gasteiger partial charge is 0.252 e. The summed E-state index contributed by atoms with van der Waals surface area (Å²) in [6.45, 7) is 6.62. The van der Waals surface area contributed by atoms with Gasteiger partial charge in [-0.15, -0.1) is 0 Å². The molecule has 2 unspecified atom stereocenters. The lowest BCUT2D eigenvalue weighted by atomic mass is 9.48. The fraction of sp³-hybridized carbons (Fsp3) is 0.625. The molecule has 4 aliphatic rings. The summed E-state index contributed by atoms with van der Waals surface area (Å²) < 4.78 is 7.56. The molecular weight excluding hydrogens is 364 g/mol. The summed E-state index contributed by atoms with van der Waals surface area (Å²) in [6, 6.07) is 4.07. The van der Waals surface area contributed by atoms with Crippen molar-refractivity contribution in [1.29, 1.82) is 0 Å². The molecule has 2 saturated carbocycles. The number of hydrogen-bond acceptors (Lipinski definition) is 3. The SMILES string of the molecule is C=C1CC[C@@]2(OC)C3Cc4ccc(C(N)=O)c(O)c4C2(CC[N@@+]3(C)CC2CC2)C1. The maximum atomic E-state index is 12.0. The van der Waals surface area contributed by atoms with E-state index in [0.29, 0.717) is 6.04 Å². The molecule has 5 nitrogen and oxygen atoms in total. The number of allylic oxidation sites excluding steroid dienone is 1. The molecule has 1 heterocycles. The van der Waals surface area contributed by atoms with Crippen molar-refractivity contribution in [1.82, 2.24) is 0 Å². The van der Waals surface area contributed by atoms with Crippen LogP contribution in [0.15, 0.2) is 24.3 Å². The minimum Gasteiger partial charge on any atom is -0.507 e. The summed E-state index contributed by atoms with van der Waals surface area (Å²) in [5.74, 6) is 0.335. The van der Waals surface area contributed by atoms with Gasteiger partial charge in [0, 0.05) is 36.8 Å². The molecule has 1 amide bonds. The van der Waals surface area contributed by atoms with Gasteiger partial charge in [-0.1, -0.05) is 18.2 Å². The number of nitrogens with zero attached hydrogens (tertiary/aromatic N) is 1. The van der Waals surface area contributed by atoms with Crippen molar-refractivity contribution in [2.75, 3.05) is 27.2 Å². The average molecular weight is 398 g/mol. The number of carbonyl (C=O) groups excluding carboxylic acids is 1. The monoisotopic (exact) mass is 397 g/mol. The van der Waals surface area contributed by atoms with Gasteiger partial charge in [-0.2, -0.15) is 0 Å². The minimum absolute atomic E-state index is 0.0721. The molecule has 0 radical (unpaired) electrons. The molecule has 1 aliphatic heterocycles. The maximum Gasteiger partial charge on any atom is 0.252 e. The van der Waals surface area contributed by atoms with E-state index < -0.39 is 5.91 Å². The Morgan fingerprint density at radius 1 is 1.38 bits per heavy atom. The number of ether oxygens (including phenoxy) is 1. The van der Waals surface area contributed by atoms with Crippen LogP contribution in [-0.2, 0) is 16.6 Å². The summed E-state index contributed by atoms with van der Waals surface area (Å²) in [7, 11) is 4.27. The van der Waals surface area contributed by atoms with Crippen molar-refractivity contribution in [3.05, 3.63) is 41.0 Å². The lowest BCUT2D eigenvalue weighted by molar-refractivity contribution is -0.950. The van der Waals surface area contributed by atoms with Gasteiger partial charge in [0.25, 0.3) is 5.91 Å². The van der Waals surface area contributed by atoms with Crippen LogP contribution < -0.4 is 5.73 Å². The molecule has 2 bridgehead atoms. The normalized spacial score (nSPS) is 38.3. The van der Waals surface area contributed by atoms with Crippen molar-refractivity contribution >= 4 is 5.91 Å². The maximum absolute atomic E-state index is 12.0.